The Morgan fingerprint density at radius 2 is 2.10 bits per heavy atom. The molecular formula is C10H4ClFN6O2. The number of aromatic nitrogens is 5. The van der Waals surface area contributed by atoms with Crippen LogP contribution in [0, 0.1) is 15.9 Å². The SMILES string of the molecule is O=[N+]([O-])c1cnn2c(Cl)nc(-c3cncc(F)c3)nc12. The standard InChI is InChI=1S/C10H4ClFN6O2/c11-10-16-8(5-1-6(12)3-13-2-5)15-9-7(18(19)20)4-14-17(9)10/h1-4H. The van der Waals surface area contributed by atoms with Crippen LogP contribution in [0.25, 0.3) is 17.0 Å². The van der Waals surface area contributed by atoms with Crippen LogP contribution in [0.3, 0.4) is 0 Å². The zero-order valence-electron chi connectivity index (χ0n) is 9.57. The van der Waals surface area contributed by atoms with E-state index in [2.05, 4.69) is 20.1 Å². The molecule has 3 aromatic rings. The third-order valence-electron chi connectivity index (χ3n) is 2.47. The van der Waals surface area contributed by atoms with Crippen molar-refractivity contribution in [2.75, 3.05) is 0 Å². The van der Waals surface area contributed by atoms with E-state index in [4.69, 9.17) is 11.6 Å². The van der Waals surface area contributed by atoms with E-state index in [0.717, 1.165) is 23.0 Å². The number of nitro groups is 1. The maximum atomic E-state index is 13.1. The first-order valence-electron chi connectivity index (χ1n) is 5.23. The quantitative estimate of drug-likeness (QED) is 0.528. The highest BCUT2D eigenvalue weighted by molar-refractivity contribution is 6.28. The van der Waals surface area contributed by atoms with Gasteiger partial charge in [-0.15, -0.1) is 0 Å². The molecule has 20 heavy (non-hydrogen) atoms. The van der Waals surface area contributed by atoms with E-state index in [1.807, 2.05) is 0 Å². The molecule has 100 valence electrons. The Kier molecular flexibility index (Phi) is 2.75. The molecule has 0 unspecified atom stereocenters. The Bertz CT molecular complexity index is 836. The van der Waals surface area contributed by atoms with Gasteiger partial charge in [0.2, 0.25) is 10.9 Å². The molecule has 3 rings (SSSR count). The van der Waals surface area contributed by atoms with E-state index in [1.54, 1.807) is 0 Å². The largest absolute Gasteiger partial charge is 0.333 e. The zero-order chi connectivity index (χ0) is 14.3. The third-order valence-corrected chi connectivity index (χ3v) is 2.71. The van der Waals surface area contributed by atoms with Crippen LogP contribution >= 0.6 is 11.6 Å². The van der Waals surface area contributed by atoms with Gasteiger partial charge in [0.25, 0.3) is 0 Å². The summed E-state index contributed by atoms with van der Waals surface area (Å²) in [7, 11) is 0. The first kappa shape index (κ1) is 12.4. The van der Waals surface area contributed by atoms with Crippen molar-refractivity contribution in [3.05, 3.63) is 45.9 Å². The minimum Gasteiger partial charge on any atom is -0.261 e. The first-order chi connectivity index (χ1) is 9.56. The smallest absolute Gasteiger partial charge is 0.261 e. The van der Waals surface area contributed by atoms with E-state index in [0.29, 0.717) is 0 Å². The number of pyridine rings is 1. The highest BCUT2D eigenvalue weighted by atomic mass is 35.5. The molecule has 0 fully saturated rings. The third kappa shape index (κ3) is 1.93. The number of fused-ring (bicyclic) bond motifs is 1. The monoisotopic (exact) mass is 294 g/mol. The van der Waals surface area contributed by atoms with Crippen molar-refractivity contribution in [2.24, 2.45) is 0 Å². The van der Waals surface area contributed by atoms with Gasteiger partial charge in [0, 0.05) is 11.8 Å². The summed E-state index contributed by atoms with van der Waals surface area (Å²) >= 11 is 5.88. The Hall–Kier alpha value is -2.68. The zero-order valence-corrected chi connectivity index (χ0v) is 10.3. The fourth-order valence-corrected chi connectivity index (χ4v) is 1.83. The average molecular weight is 295 g/mol. The molecule has 3 heterocycles. The van der Waals surface area contributed by atoms with Crippen LogP contribution in [-0.4, -0.2) is 29.5 Å². The van der Waals surface area contributed by atoms with Gasteiger partial charge in [0.1, 0.15) is 12.0 Å². The minimum atomic E-state index is -0.640. The van der Waals surface area contributed by atoms with E-state index >= 15 is 0 Å². The number of nitrogens with zero attached hydrogens (tertiary/aromatic N) is 6. The maximum absolute atomic E-state index is 13.1. The minimum absolute atomic E-state index is 0.0260. The van der Waals surface area contributed by atoms with Crippen LogP contribution in [0.1, 0.15) is 0 Å². The summed E-state index contributed by atoms with van der Waals surface area (Å²) in [6, 6.07) is 1.15. The van der Waals surface area contributed by atoms with Crippen molar-refractivity contribution in [2.45, 2.75) is 0 Å². The second kappa shape index (κ2) is 4.46. The topological polar surface area (TPSA) is 99.1 Å². The van der Waals surface area contributed by atoms with Gasteiger partial charge in [-0.2, -0.15) is 14.6 Å². The van der Waals surface area contributed by atoms with Gasteiger partial charge in [-0.3, -0.25) is 15.1 Å². The Morgan fingerprint density at radius 1 is 1.30 bits per heavy atom. The van der Waals surface area contributed by atoms with Crippen molar-refractivity contribution in [3.8, 4) is 11.4 Å². The van der Waals surface area contributed by atoms with E-state index in [9.17, 15) is 14.5 Å². The molecule has 0 saturated carbocycles. The molecule has 0 aliphatic carbocycles. The van der Waals surface area contributed by atoms with Crippen LogP contribution in [-0.2, 0) is 0 Å². The van der Waals surface area contributed by atoms with Gasteiger partial charge in [-0.25, -0.2) is 9.37 Å². The van der Waals surface area contributed by atoms with E-state index < -0.39 is 10.7 Å². The van der Waals surface area contributed by atoms with Crippen LogP contribution in [0.4, 0.5) is 10.1 Å². The van der Waals surface area contributed by atoms with Gasteiger partial charge in [0.05, 0.1) is 11.1 Å². The Balaban J connectivity index is 2.27. The van der Waals surface area contributed by atoms with Gasteiger partial charge in [-0.05, 0) is 17.7 Å². The molecule has 0 bridgehead atoms. The lowest BCUT2D eigenvalue weighted by Crippen LogP contribution is -2.00. The lowest BCUT2D eigenvalue weighted by molar-refractivity contribution is -0.383. The molecule has 3 aromatic heterocycles. The summed E-state index contributed by atoms with van der Waals surface area (Å²) < 4.78 is 14.2. The molecule has 0 aliphatic heterocycles. The van der Waals surface area contributed by atoms with Gasteiger partial charge < -0.3 is 0 Å². The Labute approximate surface area is 115 Å². The molecule has 0 aliphatic rings. The van der Waals surface area contributed by atoms with Crippen LogP contribution < -0.4 is 0 Å². The fraction of sp³-hybridized carbons (Fsp3) is 0. The van der Waals surface area contributed by atoms with Gasteiger partial charge in [-0.1, -0.05) is 0 Å². The predicted molar refractivity (Wildman–Crippen MR) is 65.6 cm³/mol. The number of hydrogen-bond donors (Lipinski definition) is 0. The molecule has 0 saturated heterocycles. The number of rotatable bonds is 2. The molecule has 0 aromatic carbocycles. The normalized spacial score (nSPS) is 10.9. The highest BCUT2D eigenvalue weighted by Gasteiger charge is 2.20. The molecule has 0 radical (unpaired) electrons. The van der Waals surface area contributed by atoms with Crippen LogP contribution in [0.5, 0.6) is 0 Å². The molecule has 0 spiro atoms. The fourth-order valence-electron chi connectivity index (χ4n) is 1.63. The van der Waals surface area contributed by atoms with Crippen molar-refractivity contribution in [1.82, 2.24) is 24.6 Å². The highest BCUT2D eigenvalue weighted by Crippen LogP contribution is 2.23. The Morgan fingerprint density at radius 3 is 2.80 bits per heavy atom. The van der Waals surface area contributed by atoms with E-state index in [-0.39, 0.29) is 28.0 Å². The molecule has 0 amide bonds. The maximum Gasteiger partial charge on any atom is 0.333 e. The van der Waals surface area contributed by atoms with E-state index in [1.165, 1.54) is 6.20 Å². The lowest BCUT2D eigenvalue weighted by atomic mass is 10.2. The summed E-state index contributed by atoms with van der Waals surface area (Å²) in [5.41, 5.74) is -0.140. The lowest BCUT2D eigenvalue weighted by Gasteiger charge is -2.01. The molecular weight excluding hydrogens is 291 g/mol. The van der Waals surface area contributed by atoms with Crippen molar-refractivity contribution >= 4 is 22.9 Å². The summed E-state index contributed by atoms with van der Waals surface area (Å²) in [4.78, 5) is 21.8. The summed E-state index contributed by atoms with van der Waals surface area (Å²) in [6.45, 7) is 0. The number of halogens is 2. The van der Waals surface area contributed by atoms with Crippen LogP contribution in [0.15, 0.2) is 24.7 Å². The predicted octanol–water partition coefficient (Wildman–Crippen LogP) is 1.89. The second-order valence-electron chi connectivity index (χ2n) is 3.73. The first-order valence-corrected chi connectivity index (χ1v) is 5.60. The molecule has 10 heteroatoms. The summed E-state index contributed by atoms with van der Waals surface area (Å²) in [5, 5.41) is 14.5. The molecule has 0 N–H and O–H groups in total. The van der Waals surface area contributed by atoms with Crippen molar-refractivity contribution in [1.29, 1.82) is 0 Å². The summed E-state index contributed by atoms with van der Waals surface area (Å²) in [5.74, 6) is -0.553. The molecule has 8 nitrogen and oxygen atoms in total. The second-order valence-corrected chi connectivity index (χ2v) is 4.07. The number of hydrogen-bond acceptors (Lipinski definition) is 6. The van der Waals surface area contributed by atoms with Crippen molar-refractivity contribution in [3.63, 3.8) is 0 Å². The summed E-state index contributed by atoms with van der Waals surface area (Å²) in [6.07, 6.45) is 3.36. The molecule has 0 atom stereocenters. The van der Waals surface area contributed by atoms with Gasteiger partial charge >= 0.3 is 5.69 Å². The van der Waals surface area contributed by atoms with Crippen molar-refractivity contribution < 1.29 is 9.31 Å². The van der Waals surface area contributed by atoms with Crippen LogP contribution in [0.2, 0.25) is 5.28 Å². The van der Waals surface area contributed by atoms with Gasteiger partial charge in [0.15, 0.2) is 5.82 Å². The average Bonchev–Trinajstić information content (AvgIpc) is 2.83.